The number of rotatable bonds is 5. The van der Waals surface area contributed by atoms with Gasteiger partial charge in [0.15, 0.2) is 5.82 Å². The molecule has 2 aromatic carbocycles. The molecule has 0 amide bonds. The predicted octanol–water partition coefficient (Wildman–Crippen LogP) is 5.07. The third-order valence-corrected chi connectivity index (χ3v) is 5.68. The van der Waals surface area contributed by atoms with E-state index in [0.29, 0.717) is 44.1 Å². The molecule has 4 aromatic rings. The van der Waals surface area contributed by atoms with Gasteiger partial charge in [0, 0.05) is 20.6 Å². The highest BCUT2D eigenvalue weighted by atomic mass is 79.9. The van der Waals surface area contributed by atoms with Crippen LogP contribution in [0, 0.1) is 0 Å². The Morgan fingerprint density at radius 3 is 2.79 bits per heavy atom. The van der Waals surface area contributed by atoms with Gasteiger partial charge >= 0.3 is 0 Å². The van der Waals surface area contributed by atoms with Crippen molar-refractivity contribution in [2.24, 2.45) is 0 Å². The Kier molecular flexibility index (Phi) is 5.58. The Morgan fingerprint density at radius 1 is 1.14 bits per heavy atom. The Labute approximate surface area is 182 Å². The van der Waals surface area contributed by atoms with E-state index >= 15 is 0 Å². The summed E-state index contributed by atoms with van der Waals surface area (Å²) < 4.78 is 7.62. The van der Waals surface area contributed by atoms with Gasteiger partial charge in [-0.05, 0) is 30.3 Å². The van der Waals surface area contributed by atoms with Gasteiger partial charge in [0.1, 0.15) is 0 Å². The van der Waals surface area contributed by atoms with Crippen LogP contribution < -0.4 is 5.84 Å². The van der Waals surface area contributed by atoms with Crippen molar-refractivity contribution in [3.63, 3.8) is 0 Å². The van der Waals surface area contributed by atoms with Crippen LogP contribution in [0.4, 0.5) is 0 Å². The zero-order valence-corrected chi connectivity index (χ0v) is 17.9. The number of aromatic nitrogens is 5. The zero-order valence-electron chi connectivity index (χ0n) is 14.0. The molecule has 142 valence electrons. The van der Waals surface area contributed by atoms with Gasteiger partial charge in [-0.1, -0.05) is 68.2 Å². The van der Waals surface area contributed by atoms with Crippen molar-refractivity contribution in [2.75, 3.05) is 5.84 Å². The fourth-order valence-corrected chi connectivity index (χ4v) is 4.00. The number of nitrogens with two attached hydrogens (primary N) is 1. The summed E-state index contributed by atoms with van der Waals surface area (Å²) in [5.74, 6) is 7.92. The number of nitrogen functional groups attached to an aromatic ring is 1. The van der Waals surface area contributed by atoms with E-state index in [1.54, 1.807) is 18.2 Å². The maximum Gasteiger partial charge on any atom is 0.237 e. The van der Waals surface area contributed by atoms with Crippen LogP contribution >= 0.6 is 50.9 Å². The van der Waals surface area contributed by atoms with E-state index < -0.39 is 0 Å². The molecule has 2 N–H and O–H groups in total. The summed E-state index contributed by atoms with van der Waals surface area (Å²) in [5.41, 5.74) is 1.50. The summed E-state index contributed by atoms with van der Waals surface area (Å²) >= 11 is 16.9. The smallest absolute Gasteiger partial charge is 0.237 e. The van der Waals surface area contributed by atoms with Crippen molar-refractivity contribution in [1.82, 2.24) is 25.0 Å². The van der Waals surface area contributed by atoms with Crippen molar-refractivity contribution in [1.29, 1.82) is 0 Å². The minimum absolute atomic E-state index is 0.394. The minimum Gasteiger partial charge on any atom is -0.338 e. The van der Waals surface area contributed by atoms with Gasteiger partial charge in [-0.15, -0.1) is 10.2 Å². The van der Waals surface area contributed by atoms with Crippen LogP contribution in [0.25, 0.3) is 22.8 Å². The molecule has 0 saturated carbocycles. The van der Waals surface area contributed by atoms with Gasteiger partial charge in [0.05, 0.1) is 10.8 Å². The highest BCUT2D eigenvalue weighted by molar-refractivity contribution is 9.10. The summed E-state index contributed by atoms with van der Waals surface area (Å²) in [7, 11) is 0. The summed E-state index contributed by atoms with van der Waals surface area (Å²) in [4.78, 5) is 4.40. The van der Waals surface area contributed by atoms with Crippen LogP contribution in [0.2, 0.25) is 10.0 Å². The Balaban J connectivity index is 1.50. The van der Waals surface area contributed by atoms with E-state index in [2.05, 4.69) is 36.3 Å². The largest absolute Gasteiger partial charge is 0.338 e. The summed E-state index contributed by atoms with van der Waals surface area (Å²) in [6.07, 6.45) is 0. The van der Waals surface area contributed by atoms with Gasteiger partial charge in [-0.3, -0.25) is 0 Å². The van der Waals surface area contributed by atoms with Gasteiger partial charge in [0.25, 0.3) is 0 Å². The monoisotopic (exact) mass is 496 g/mol. The summed E-state index contributed by atoms with van der Waals surface area (Å²) in [6, 6.07) is 12.7. The molecule has 0 aliphatic rings. The lowest BCUT2D eigenvalue weighted by atomic mass is 10.2. The SMILES string of the molecule is Nn1c(SCc2nc(-c3cccc(Br)c3)no2)nnc1-c1ccc(Cl)cc1Cl. The lowest BCUT2D eigenvalue weighted by Crippen LogP contribution is -2.11. The zero-order chi connectivity index (χ0) is 19.7. The second-order valence-corrected chi connectivity index (χ2v) is 8.31. The lowest BCUT2D eigenvalue weighted by molar-refractivity contribution is 0.391. The molecule has 11 heteroatoms. The third kappa shape index (κ3) is 4.02. The van der Waals surface area contributed by atoms with E-state index in [-0.39, 0.29) is 0 Å². The molecule has 28 heavy (non-hydrogen) atoms. The first-order valence-electron chi connectivity index (χ1n) is 7.88. The van der Waals surface area contributed by atoms with Crippen molar-refractivity contribution in [2.45, 2.75) is 10.9 Å². The van der Waals surface area contributed by atoms with E-state index in [4.69, 9.17) is 33.6 Å². The van der Waals surface area contributed by atoms with Crippen LogP contribution in [-0.4, -0.2) is 25.0 Å². The fraction of sp³-hybridized carbons (Fsp3) is 0.0588. The summed E-state index contributed by atoms with van der Waals surface area (Å²) in [5, 5.41) is 13.7. The van der Waals surface area contributed by atoms with Crippen LogP contribution in [0.15, 0.2) is 56.6 Å². The van der Waals surface area contributed by atoms with E-state index in [9.17, 15) is 0 Å². The molecule has 0 fully saturated rings. The molecule has 0 aliphatic carbocycles. The average Bonchev–Trinajstić information content (AvgIpc) is 3.27. The quantitative estimate of drug-likeness (QED) is 0.303. The van der Waals surface area contributed by atoms with Gasteiger partial charge in [0.2, 0.25) is 16.9 Å². The third-order valence-electron chi connectivity index (χ3n) is 3.71. The molecule has 0 atom stereocenters. The molecule has 2 aromatic heterocycles. The fourth-order valence-electron chi connectivity index (χ4n) is 2.41. The first kappa shape index (κ1) is 19.3. The minimum atomic E-state index is 0.394. The van der Waals surface area contributed by atoms with Crippen molar-refractivity contribution in [3.8, 4) is 22.8 Å². The van der Waals surface area contributed by atoms with Gasteiger partial charge in [-0.25, -0.2) is 4.68 Å². The summed E-state index contributed by atoms with van der Waals surface area (Å²) in [6.45, 7) is 0. The molecule has 0 radical (unpaired) electrons. The number of thioether (sulfide) groups is 1. The molecule has 0 unspecified atom stereocenters. The lowest BCUT2D eigenvalue weighted by Gasteiger charge is -2.05. The Hall–Kier alpha value is -2.07. The topological polar surface area (TPSA) is 95.7 Å². The molecule has 0 spiro atoms. The Bertz CT molecular complexity index is 1150. The van der Waals surface area contributed by atoms with E-state index in [1.807, 2.05) is 24.3 Å². The first-order valence-corrected chi connectivity index (χ1v) is 10.4. The number of benzene rings is 2. The second kappa shape index (κ2) is 8.12. The maximum absolute atomic E-state index is 6.23. The molecule has 7 nitrogen and oxygen atoms in total. The molecule has 0 saturated heterocycles. The number of nitrogens with zero attached hydrogens (tertiary/aromatic N) is 5. The highest BCUT2D eigenvalue weighted by Crippen LogP contribution is 2.31. The highest BCUT2D eigenvalue weighted by Gasteiger charge is 2.17. The molecular weight excluding hydrogens is 487 g/mol. The first-order chi connectivity index (χ1) is 13.5. The van der Waals surface area contributed by atoms with Crippen LogP contribution in [0.5, 0.6) is 0 Å². The number of hydrogen-bond donors (Lipinski definition) is 1. The second-order valence-electron chi connectivity index (χ2n) is 5.61. The predicted molar refractivity (Wildman–Crippen MR) is 113 cm³/mol. The van der Waals surface area contributed by atoms with Gasteiger partial charge < -0.3 is 10.4 Å². The molecule has 4 rings (SSSR count). The standard InChI is InChI=1S/C17H11BrCl2N6OS/c18-10-3-1-2-9(6-10)15-22-14(27-25-15)8-28-17-24-23-16(26(17)21)12-5-4-11(19)7-13(12)20/h1-7H,8,21H2. The maximum atomic E-state index is 6.23. The van der Waals surface area contributed by atoms with Gasteiger partial charge in [-0.2, -0.15) is 4.98 Å². The van der Waals surface area contributed by atoms with Crippen LogP contribution in [-0.2, 0) is 5.75 Å². The van der Waals surface area contributed by atoms with Crippen LogP contribution in [0.3, 0.4) is 0 Å². The molecular formula is C17H11BrCl2N6OS. The molecule has 0 aliphatic heterocycles. The van der Waals surface area contributed by atoms with Crippen molar-refractivity contribution < 1.29 is 4.52 Å². The Morgan fingerprint density at radius 2 is 2.00 bits per heavy atom. The molecule has 0 bridgehead atoms. The van der Waals surface area contributed by atoms with E-state index in [1.165, 1.54) is 16.4 Å². The number of hydrogen-bond acceptors (Lipinski definition) is 7. The average molecular weight is 498 g/mol. The van der Waals surface area contributed by atoms with Crippen LogP contribution in [0.1, 0.15) is 5.89 Å². The normalized spacial score (nSPS) is 11.1. The van der Waals surface area contributed by atoms with Crippen molar-refractivity contribution in [3.05, 3.63) is 62.9 Å². The molecule has 2 heterocycles. The number of halogens is 3. The van der Waals surface area contributed by atoms with E-state index in [0.717, 1.165) is 10.0 Å². The van der Waals surface area contributed by atoms with Crippen molar-refractivity contribution >= 4 is 50.9 Å².